The maximum Gasteiger partial charge on any atom is 0.229 e. The minimum atomic E-state index is -0.567. The van der Waals surface area contributed by atoms with Crippen LogP contribution in [0.4, 0.5) is 4.39 Å². The predicted molar refractivity (Wildman–Crippen MR) is 132 cm³/mol. The van der Waals surface area contributed by atoms with Gasteiger partial charge in [-0.1, -0.05) is 36.4 Å². The van der Waals surface area contributed by atoms with Crippen LogP contribution < -0.4 is 0 Å². The van der Waals surface area contributed by atoms with Gasteiger partial charge in [0.25, 0.3) is 0 Å². The van der Waals surface area contributed by atoms with Crippen molar-refractivity contribution in [1.82, 2.24) is 9.88 Å². The fraction of sp³-hybridized carbons (Fsp3) is 0.448. The van der Waals surface area contributed by atoms with E-state index in [1.165, 1.54) is 17.0 Å². The summed E-state index contributed by atoms with van der Waals surface area (Å²) in [6.07, 6.45) is 7.86. The standard InChI is InChI=1S/C29H33FN2O2/c30-26-9-3-1-8-25(26)20-29(12-16-34-17-13-29)28(33)32-14-5-6-22(11-15-32)18-23-19-24-7-2-4-10-27(24)31-21-23/h1-4,7-10,19,21-22H,5-6,11-18,20H2. The van der Waals surface area contributed by atoms with Gasteiger partial charge in [0.05, 0.1) is 10.9 Å². The van der Waals surface area contributed by atoms with E-state index < -0.39 is 5.41 Å². The van der Waals surface area contributed by atoms with Crippen LogP contribution in [0.25, 0.3) is 10.9 Å². The molecule has 1 unspecified atom stereocenters. The molecule has 34 heavy (non-hydrogen) atoms. The molecule has 0 bridgehead atoms. The lowest BCUT2D eigenvalue weighted by Gasteiger charge is -2.40. The number of ether oxygens (including phenoxy) is 1. The molecule has 2 aromatic carbocycles. The number of rotatable bonds is 5. The summed E-state index contributed by atoms with van der Waals surface area (Å²) in [7, 11) is 0. The Morgan fingerprint density at radius 3 is 2.71 bits per heavy atom. The van der Waals surface area contributed by atoms with E-state index in [0.717, 1.165) is 44.3 Å². The summed E-state index contributed by atoms with van der Waals surface area (Å²) in [5.41, 5.74) is 2.36. The number of pyridine rings is 1. The van der Waals surface area contributed by atoms with Crippen molar-refractivity contribution < 1.29 is 13.9 Å². The first-order chi connectivity index (χ1) is 16.6. The zero-order valence-electron chi connectivity index (χ0n) is 19.7. The smallest absolute Gasteiger partial charge is 0.229 e. The topological polar surface area (TPSA) is 42.4 Å². The summed E-state index contributed by atoms with van der Waals surface area (Å²) in [5, 5.41) is 1.18. The number of carbonyl (C=O) groups is 1. The van der Waals surface area contributed by atoms with Gasteiger partial charge in [-0.15, -0.1) is 0 Å². The van der Waals surface area contributed by atoms with Crippen LogP contribution >= 0.6 is 0 Å². The van der Waals surface area contributed by atoms with Crippen LogP contribution in [-0.4, -0.2) is 42.1 Å². The van der Waals surface area contributed by atoms with Gasteiger partial charge in [-0.2, -0.15) is 0 Å². The highest BCUT2D eigenvalue weighted by Crippen LogP contribution is 2.38. The molecule has 0 N–H and O–H groups in total. The maximum absolute atomic E-state index is 14.5. The highest BCUT2D eigenvalue weighted by Gasteiger charge is 2.43. The lowest BCUT2D eigenvalue weighted by molar-refractivity contribution is -0.148. The molecule has 0 spiro atoms. The largest absolute Gasteiger partial charge is 0.381 e. The van der Waals surface area contributed by atoms with E-state index in [1.807, 2.05) is 30.5 Å². The highest BCUT2D eigenvalue weighted by atomic mass is 19.1. The van der Waals surface area contributed by atoms with Crippen LogP contribution in [0.15, 0.2) is 60.8 Å². The molecule has 2 saturated heterocycles. The Balaban J connectivity index is 1.27. The van der Waals surface area contributed by atoms with Crippen LogP contribution in [0.3, 0.4) is 0 Å². The molecule has 3 heterocycles. The first-order valence-electron chi connectivity index (χ1n) is 12.6. The number of amides is 1. The van der Waals surface area contributed by atoms with Crippen molar-refractivity contribution in [1.29, 1.82) is 0 Å². The number of carbonyl (C=O) groups excluding carboxylic acids is 1. The molecule has 0 radical (unpaired) electrons. The second-order valence-corrected chi connectivity index (χ2v) is 9.99. The maximum atomic E-state index is 14.5. The predicted octanol–water partition coefficient (Wildman–Crippen LogP) is 5.58. The number of nitrogens with zero attached hydrogens (tertiary/aromatic N) is 2. The average molecular weight is 461 g/mol. The Hall–Kier alpha value is -2.79. The minimum absolute atomic E-state index is 0.187. The second kappa shape index (κ2) is 10.2. The minimum Gasteiger partial charge on any atom is -0.381 e. The fourth-order valence-corrected chi connectivity index (χ4v) is 5.70. The van der Waals surface area contributed by atoms with Crippen molar-refractivity contribution in [2.24, 2.45) is 11.3 Å². The quantitative estimate of drug-likeness (QED) is 0.499. The van der Waals surface area contributed by atoms with Gasteiger partial charge < -0.3 is 9.64 Å². The van der Waals surface area contributed by atoms with Crippen molar-refractivity contribution >= 4 is 16.8 Å². The number of halogens is 1. The Kier molecular flexibility index (Phi) is 6.91. The molecule has 2 fully saturated rings. The van der Waals surface area contributed by atoms with Gasteiger partial charge in [-0.05, 0) is 80.2 Å². The monoisotopic (exact) mass is 460 g/mol. The van der Waals surface area contributed by atoms with Gasteiger partial charge in [0.15, 0.2) is 0 Å². The van der Waals surface area contributed by atoms with Gasteiger partial charge in [0.2, 0.25) is 5.91 Å². The molecule has 2 aliphatic heterocycles. The first-order valence-corrected chi connectivity index (χ1v) is 12.6. The number of likely N-dealkylation sites (tertiary alicyclic amines) is 1. The molecule has 5 rings (SSSR count). The molecule has 1 amide bonds. The molecule has 1 atom stereocenters. The SMILES string of the molecule is O=C(N1CCCC(Cc2cnc3ccccc3c2)CC1)C1(Cc2ccccc2F)CCOCC1. The van der Waals surface area contributed by atoms with Gasteiger partial charge >= 0.3 is 0 Å². The Bertz CT molecular complexity index is 1140. The molecular formula is C29H33FN2O2. The average Bonchev–Trinajstić information content (AvgIpc) is 3.11. The van der Waals surface area contributed by atoms with Gasteiger partial charge in [-0.3, -0.25) is 9.78 Å². The van der Waals surface area contributed by atoms with Crippen LogP contribution in [0.2, 0.25) is 0 Å². The van der Waals surface area contributed by atoms with Gasteiger partial charge in [0.1, 0.15) is 5.82 Å². The number of benzene rings is 2. The molecule has 3 aromatic rings. The van der Waals surface area contributed by atoms with E-state index in [1.54, 1.807) is 6.07 Å². The fourth-order valence-electron chi connectivity index (χ4n) is 5.70. The van der Waals surface area contributed by atoms with Crippen molar-refractivity contribution in [2.75, 3.05) is 26.3 Å². The number of para-hydroxylation sites is 1. The van der Waals surface area contributed by atoms with Crippen LogP contribution in [0, 0.1) is 17.2 Å². The third-order valence-electron chi connectivity index (χ3n) is 7.70. The number of aromatic nitrogens is 1. The number of fused-ring (bicyclic) bond motifs is 1. The van der Waals surface area contributed by atoms with Gasteiger partial charge in [-0.25, -0.2) is 4.39 Å². The molecule has 4 nitrogen and oxygen atoms in total. The van der Waals surface area contributed by atoms with E-state index in [0.29, 0.717) is 44.0 Å². The molecule has 5 heteroatoms. The zero-order valence-corrected chi connectivity index (χ0v) is 19.7. The second-order valence-electron chi connectivity index (χ2n) is 9.99. The normalized spacial score (nSPS) is 20.7. The summed E-state index contributed by atoms with van der Waals surface area (Å²) >= 11 is 0. The highest BCUT2D eigenvalue weighted by molar-refractivity contribution is 5.83. The molecule has 0 aliphatic carbocycles. The van der Waals surface area contributed by atoms with E-state index in [2.05, 4.69) is 28.1 Å². The molecular weight excluding hydrogens is 427 g/mol. The van der Waals surface area contributed by atoms with Crippen LogP contribution in [0.1, 0.15) is 43.2 Å². The third-order valence-corrected chi connectivity index (χ3v) is 7.70. The summed E-state index contributed by atoms with van der Waals surface area (Å²) in [5.74, 6) is 0.506. The summed E-state index contributed by atoms with van der Waals surface area (Å²) < 4.78 is 20.1. The Labute approximate surface area is 201 Å². The molecule has 1 aromatic heterocycles. The third kappa shape index (κ3) is 5.00. The van der Waals surface area contributed by atoms with Crippen molar-refractivity contribution in [3.63, 3.8) is 0 Å². The van der Waals surface area contributed by atoms with E-state index in [4.69, 9.17) is 4.74 Å². The van der Waals surface area contributed by atoms with Crippen molar-refractivity contribution in [2.45, 2.75) is 44.9 Å². The lowest BCUT2D eigenvalue weighted by atomic mass is 9.74. The van der Waals surface area contributed by atoms with Crippen molar-refractivity contribution in [3.8, 4) is 0 Å². The summed E-state index contributed by atoms with van der Waals surface area (Å²) in [4.78, 5) is 20.6. The summed E-state index contributed by atoms with van der Waals surface area (Å²) in [6.45, 7) is 2.67. The first kappa shape index (κ1) is 23.0. The number of hydrogen-bond donors (Lipinski definition) is 0. The zero-order chi connectivity index (χ0) is 23.4. The summed E-state index contributed by atoms with van der Waals surface area (Å²) in [6, 6.07) is 17.3. The van der Waals surface area contributed by atoms with E-state index in [9.17, 15) is 9.18 Å². The van der Waals surface area contributed by atoms with E-state index >= 15 is 0 Å². The Morgan fingerprint density at radius 1 is 1.06 bits per heavy atom. The van der Waals surface area contributed by atoms with Crippen molar-refractivity contribution in [3.05, 3.63) is 77.7 Å². The Morgan fingerprint density at radius 2 is 1.85 bits per heavy atom. The molecule has 178 valence electrons. The molecule has 0 saturated carbocycles. The lowest BCUT2D eigenvalue weighted by Crippen LogP contribution is -2.48. The van der Waals surface area contributed by atoms with E-state index in [-0.39, 0.29) is 11.7 Å². The van der Waals surface area contributed by atoms with Gasteiger partial charge in [0, 0.05) is 37.9 Å². The van der Waals surface area contributed by atoms with Crippen LogP contribution in [0.5, 0.6) is 0 Å². The molecule has 2 aliphatic rings. The van der Waals surface area contributed by atoms with Crippen LogP contribution in [-0.2, 0) is 22.4 Å². The number of hydrogen-bond acceptors (Lipinski definition) is 3.